The van der Waals surface area contributed by atoms with Crippen LogP contribution in [-0.4, -0.2) is 24.5 Å². The van der Waals surface area contributed by atoms with Gasteiger partial charge in [-0.15, -0.1) is 0 Å². The summed E-state index contributed by atoms with van der Waals surface area (Å²) in [5.41, 5.74) is -1.42. The molecular formula is C12H13ClFNO3. The molecule has 0 spiro atoms. The smallest absolute Gasteiger partial charge is 0.330 e. The van der Waals surface area contributed by atoms with Gasteiger partial charge in [0.05, 0.1) is 12.7 Å². The van der Waals surface area contributed by atoms with Gasteiger partial charge in [0.15, 0.2) is 0 Å². The molecule has 0 aliphatic rings. The summed E-state index contributed by atoms with van der Waals surface area (Å²) in [5, 5.41) is 2.58. The Hall–Kier alpha value is -1.62. The molecule has 0 atom stereocenters. The highest BCUT2D eigenvalue weighted by Crippen LogP contribution is 2.15. The van der Waals surface area contributed by atoms with Crippen molar-refractivity contribution in [3.8, 4) is 0 Å². The van der Waals surface area contributed by atoms with E-state index in [2.05, 4.69) is 10.1 Å². The SMILES string of the molecule is COC(=O)C(C)(C)NC(=O)c1ccc(Cl)cc1F. The van der Waals surface area contributed by atoms with E-state index in [-0.39, 0.29) is 10.6 Å². The van der Waals surface area contributed by atoms with Crippen molar-refractivity contribution in [2.45, 2.75) is 19.4 Å². The van der Waals surface area contributed by atoms with E-state index >= 15 is 0 Å². The van der Waals surface area contributed by atoms with Gasteiger partial charge in [0.25, 0.3) is 5.91 Å². The predicted octanol–water partition coefficient (Wildman–Crippen LogP) is 2.16. The summed E-state index contributed by atoms with van der Waals surface area (Å²) < 4.78 is 18.0. The molecule has 1 N–H and O–H groups in total. The number of ether oxygens (including phenoxy) is 1. The van der Waals surface area contributed by atoms with Crippen LogP contribution in [0.2, 0.25) is 5.02 Å². The summed E-state index contributed by atoms with van der Waals surface area (Å²) in [4.78, 5) is 23.2. The molecule has 98 valence electrons. The Labute approximate surface area is 109 Å². The molecule has 0 bridgehead atoms. The third-order valence-electron chi connectivity index (χ3n) is 2.30. The normalized spacial score (nSPS) is 10.9. The van der Waals surface area contributed by atoms with Gasteiger partial charge in [0, 0.05) is 5.02 Å². The van der Waals surface area contributed by atoms with Crippen LogP contribution in [0.4, 0.5) is 4.39 Å². The van der Waals surface area contributed by atoms with Gasteiger partial charge in [-0.1, -0.05) is 11.6 Å². The Morgan fingerprint density at radius 3 is 2.50 bits per heavy atom. The Morgan fingerprint density at radius 2 is 2.00 bits per heavy atom. The molecule has 18 heavy (non-hydrogen) atoms. The molecule has 0 aliphatic carbocycles. The fourth-order valence-corrected chi connectivity index (χ4v) is 1.49. The maximum absolute atomic E-state index is 13.5. The molecule has 0 heterocycles. The van der Waals surface area contributed by atoms with E-state index in [9.17, 15) is 14.0 Å². The van der Waals surface area contributed by atoms with E-state index in [1.54, 1.807) is 0 Å². The van der Waals surface area contributed by atoms with Crippen LogP contribution in [0.5, 0.6) is 0 Å². The van der Waals surface area contributed by atoms with Crippen LogP contribution >= 0.6 is 11.6 Å². The topological polar surface area (TPSA) is 55.4 Å². The van der Waals surface area contributed by atoms with Crippen LogP contribution in [0, 0.1) is 5.82 Å². The van der Waals surface area contributed by atoms with Gasteiger partial charge in [-0.05, 0) is 32.0 Å². The molecule has 0 fully saturated rings. The first-order valence-electron chi connectivity index (χ1n) is 5.14. The van der Waals surface area contributed by atoms with Crippen molar-refractivity contribution in [2.24, 2.45) is 0 Å². The van der Waals surface area contributed by atoms with Crippen molar-refractivity contribution in [3.63, 3.8) is 0 Å². The van der Waals surface area contributed by atoms with Gasteiger partial charge in [0.2, 0.25) is 0 Å². The first-order valence-corrected chi connectivity index (χ1v) is 5.51. The second-order valence-corrected chi connectivity index (χ2v) is 4.63. The molecule has 0 unspecified atom stereocenters. The molecule has 1 rings (SSSR count). The van der Waals surface area contributed by atoms with Gasteiger partial charge < -0.3 is 10.1 Å². The number of carbonyl (C=O) groups excluding carboxylic acids is 2. The first kappa shape index (κ1) is 14.4. The van der Waals surface area contributed by atoms with Crippen LogP contribution in [0.25, 0.3) is 0 Å². The Kier molecular flexibility index (Phi) is 4.29. The van der Waals surface area contributed by atoms with Crippen LogP contribution in [0.1, 0.15) is 24.2 Å². The third kappa shape index (κ3) is 3.20. The zero-order valence-electron chi connectivity index (χ0n) is 10.2. The number of halogens is 2. The molecule has 0 aliphatic heterocycles. The van der Waals surface area contributed by atoms with E-state index in [4.69, 9.17) is 11.6 Å². The Morgan fingerprint density at radius 1 is 1.39 bits per heavy atom. The summed E-state index contributed by atoms with van der Waals surface area (Å²) >= 11 is 5.58. The van der Waals surface area contributed by atoms with E-state index in [0.717, 1.165) is 6.07 Å². The van der Waals surface area contributed by atoms with Crippen molar-refractivity contribution < 1.29 is 18.7 Å². The molecule has 0 saturated heterocycles. The summed E-state index contributed by atoms with van der Waals surface area (Å²) in [6, 6.07) is 3.67. The van der Waals surface area contributed by atoms with Crippen molar-refractivity contribution in [3.05, 3.63) is 34.6 Å². The highest BCUT2D eigenvalue weighted by Gasteiger charge is 2.31. The summed E-state index contributed by atoms with van der Waals surface area (Å²) in [6.45, 7) is 2.93. The van der Waals surface area contributed by atoms with Crippen molar-refractivity contribution >= 4 is 23.5 Å². The predicted molar refractivity (Wildman–Crippen MR) is 65.0 cm³/mol. The average molecular weight is 274 g/mol. The quantitative estimate of drug-likeness (QED) is 0.859. The highest BCUT2D eigenvalue weighted by molar-refractivity contribution is 6.30. The second kappa shape index (κ2) is 5.35. The molecule has 1 amide bonds. The summed E-state index contributed by atoms with van der Waals surface area (Å²) in [6.07, 6.45) is 0. The zero-order chi connectivity index (χ0) is 13.9. The van der Waals surface area contributed by atoms with Crippen molar-refractivity contribution in [2.75, 3.05) is 7.11 Å². The van der Waals surface area contributed by atoms with Gasteiger partial charge in [-0.2, -0.15) is 0 Å². The van der Waals surface area contributed by atoms with E-state index in [1.165, 1.54) is 33.1 Å². The lowest BCUT2D eigenvalue weighted by molar-refractivity contribution is -0.146. The largest absolute Gasteiger partial charge is 0.467 e. The van der Waals surface area contributed by atoms with E-state index in [1.807, 2.05) is 0 Å². The van der Waals surface area contributed by atoms with Crippen LogP contribution in [0.3, 0.4) is 0 Å². The lowest BCUT2D eigenvalue weighted by Crippen LogP contribution is -2.50. The molecule has 0 saturated carbocycles. The fraction of sp³-hybridized carbons (Fsp3) is 0.333. The number of amides is 1. The fourth-order valence-electron chi connectivity index (χ4n) is 1.33. The van der Waals surface area contributed by atoms with Crippen molar-refractivity contribution in [1.29, 1.82) is 0 Å². The van der Waals surface area contributed by atoms with Gasteiger partial charge in [0.1, 0.15) is 11.4 Å². The van der Waals surface area contributed by atoms with Gasteiger partial charge >= 0.3 is 5.97 Å². The minimum absolute atomic E-state index is 0.184. The first-order chi connectivity index (χ1) is 8.27. The Bertz CT molecular complexity index is 488. The maximum atomic E-state index is 13.5. The minimum Gasteiger partial charge on any atom is -0.467 e. The van der Waals surface area contributed by atoms with Crippen LogP contribution in [0.15, 0.2) is 18.2 Å². The van der Waals surface area contributed by atoms with E-state index in [0.29, 0.717) is 0 Å². The monoisotopic (exact) mass is 273 g/mol. The number of hydrogen-bond donors (Lipinski definition) is 1. The molecule has 0 radical (unpaired) electrons. The maximum Gasteiger partial charge on any atom is 0.330 e. The molecule has 1 aromatic carbocycles. The number of esters is 1. The third-order valence-corrected chi connectivity index (χ3v) is 2.53. The zero-order valence-corrected chi connectivity index (χ0v) is 11.0. The number of rotatable bonds is 3. The van der Waals surface area contributed by atoms with E-state index < -0.39 is 23.2 Å². The second-order valence-electron chi connectivity index (χ2n) is 4.19. The summed E-state index contributed by atoms with van der Waals surface area (Å²) in [7, 11) is 1.21. The molecule has 4 nitrogen and oxygen atoms in total. The minimum atomic E-state index is -1.24. The molecule has 1 aromatic rings. The molecular weight excluding hydrogens is 261 g/mol. The standard InChI is InChI=1S/C12H13ClFNO3/c1-12(2,11(17)18-3)15-10(16)8-5-4-7(13)6-9(8)14/h4-6H,1-3H3,(H,15,16). The van der Waals surface area contributed by atoms with Crippen LogP contribution in [-0.2, 0) is 9.53 Å². The number of carbonyl (C=O) groups is 2. The van der Waals surface area contributed by atoms with Gasteiger partial charge in [-0.25, -0.2) is 9.18 Å². The van der Waals surface area contributed by atoms with Crippen molar-refractivity contribution in [1.82, 2.24) is 5.32 Å². The number of methoxy groups -OCH3 is 1. The highest BCUT2D eigenvalue weighted by atomic mass is 35.5. The molecule has 0 aromatic heterocycles. The summed E-state index contributed by atoms with van der Waals surface area (Å²) in [5.74, 6) is -2.08. The Balaban J connectivity index is 2.92. The number of nitrogens with one attached hydrogen (secondary N) is 1. The lowest BCUT2D eigenvalue weighted by Gasteiger charge is -2.23. The number of hydrogen-bond acceptors (Lipinski definition) is 3. The number of benzene rings is 1. The lowest BCUT2D eigenvalue weighted by atomic mass is 10.0. The molecule has 6 heteroatoms. The van der Waals surface area contributed by atoms with Crippen LogP contribution < -0.4 is 5.32 Å². The average Bonchev–Trinajstić information content (AvgIpc) is 2.26. The van der Waals surface area contributed by atoms with Gasteiger partial charge in [-0.3, -0.25) is 4.79 Å².